The lowest BCUT2D eigenvalue weighted by Gasteiger charge is -2.17. The second-order valence-electron chi connectivity index (χ2n) is 6.58. The van der Waals surface area contributed by atoms with Crippen LogP contribution >= 0.6 is 0 Å². The first-order valence-electron chi connectivity index (χ1n) is 8.69. The molecule has 1 aliphatic rings. The number of aromatic nitrogens is 2. The second kappa shape index (κ2) is 8.07. The normalized spacial score (nSPS) is 17.6. The van der Waals surface area contributed by atoms with E-state index in [-0.39, 0.29) is 17.9 Å². The first-order chi connectivity index (χ1) is 12.1. The Labute approximate surface area is 147 Å². The highest BCUT2D eigenvalue weighted by Gasteiger charge is 2.24. The molecular weight excluding hydrogens is 316 g/mol. The van der Waals surface area contributed by atoms with Crippen LogP contribution in [-0.4, -0.2) is 47.0 Å². The molecule has 25 heavy (non-hydrogen) atoms. The van der Waals surface area contributed by atoms with Gasteiger partial charge in [0, 0.05) is 31.4 Å². The SMILES string of the molecule is Cc1ccccc1C1CCN(CCNC(=O)Cc2cnc[nH]c2=O)C1. The smallest absolute Gasteiger partial charge is 0.254 e. The average Bonchev–Trinajstić information content (AvgIpc) is 3.06. The third kappa shape index (κ3) is 4.54. The van der Waals surface area contributed by atoms with Gasteiger partial charge in [-0.1, -0.05) is 24.3 Å². The van der Waals surface area contributed by atoms with E-state index in [4.69, 9.17) is 0 Å². The molecule has 1 unspecified atom stereocenters. The fourth-order valence-electron chi connectivity index (χ4n) is 3.42. The van der Waals surface area contributed by atoms with Gasteiger partial charge in [-0.3, -0.25) is 9.59 Å². The minimum atomic E-state index is -0.259. The average molecular weight is 340 g/mol. The lowest BCUT2D eigenvalue weighted by atomic mass is 9.94. The number of likely N-dealkylation sites (tertiary alicyclic amines) is 1. The summed E-state index contributed by atoms with van der Waals surface area (Å²) in [6.45, 7) is 5.67. The summed E-state index contributed by atoms with van der Waals surface area (Å²) in [6.07, 6.45) is 3.98. The maximum absolute atomic E-state index is 12.0. The Kier molecular flexibility index (Phi) is 5.60. The Bertz CT molecular complexity index is 787. The van der Waals surface area contributed by atoms with Gasteiger partial charge in [0.15, 0.2) is 0 Å². The van der Waals surface area contributed by atoms with Crippen molar-refractivity contribution in [1.29, 1.82) is 0 Å². The van der Waals surface area contributed by atoms with Crippen LogP contribution in [0, 0.1) is 6.92 Å². The summed E-state index contributed by atoms with van der Waals surface area (Å²) >= 11 is 0. The minimum Gasteiger partial charge on any atom is -0.355 e. The van der Waals surface area contributed by atoms with Gasteiger partial charge in [-0.2, -0.15) is 0 Å². The molecule has 0 aliphatic carbocycles. The number of carbonyl (C=O) groups is 1. The van der Waals surface area contributed by atoms with Crippen LogP contribution in [0.15, 0.2) is 41.6 Å². The van der Waals surface area contributed by atoms with Crippen LogP contribution < -0.4 is 10.9 Å². The van der Waals surface area contributed by atoms with E-state index in [2.05, 4.69) is 51.4 Å². The van der Waals surface area contributed by atoms with Crippen molar-refractivity contribution in [2.24, 2.45) is 0 Å². The van der Waals surface area contributed by atoms with Crippen LogP contribution in [0.3, 0.4) is 0 Å². The molecule has 0 spiro atoms. The van der Waals surface area contributed by atoms with Crippen molar-refractivity contribution in [2.45, 2.75) is 25.7 Å². The first-order valence-corrected chi connectivity index (χ1v) is 8.69. The van der Waals surface area contributed by atoms with E-state index in [0.717, 1.165) is 26.1 Å². The zero-order valence-corrected chi connectivity index (χ0v) is 14.5. The second-order valence-corrected chi connectivity index (χ2v) is 6.58. The van der Waals surface area contributed by atoms with Gasteiger partial charge in [0.1, 0.15) is 0 Å². The number of nitrogens with zero attached hydrogens (tertiary/aromatic N) is 2. The Hall–Kier alpha value is -2.47. The largest absolute Gasteiger partial charge is 0.355 e. The van der Waals surface area contributed by atoms with Crippen molar-refractivity contribution < 1.29 is 4.79 Å². The van der Waals surface area contributed by atoms with Crippen LogP contribution in [0.2, 0.25) is 0 Å². The number of carbonyl (C=O) groups excluding carboxylic acids is 1. The predicted octanol–water partition coefficient (Wildman–Crippen LogP) is 1.23. The molecule has 6 heteroatoms. The number of aromatic amines is 1. The summed E-state index contributed by atoms with van der Waals surface area (Å²) in [5.41, 5.74) is 2.92. The molecule has 6 nitrogen and oxygen atoms in total. The van der Waals surface area contributed by atoms with Crippen LogP contribution in [0.5, 0.6) is 0 Å². The summed E-state index contributed by atoms with van der Waals surface area (Å²) in [6, 6.07) is 8.56. The molecule has 1 saturated heterocycles. The van der Waals surface area contributed by atoms with Gasteiger partial charge in [-0.15, -0.1) is 0 Å². The van der Waals surface area contributed by atoms with E-state index in [1.807, 2.05) is 0 Å². The summed E-state index contributed by atoms with van der Waals surface area (Å²) in [5, 5.41) is 2.89. The summed E-state index contributed by atoms with van der Waals surface area (Å²) in [7, 11) is 0. The molecule has 2 N–H and O–H groups in total. The molecule has 0 bridgehead atoms. The van der Waals surface area contributed by atoms with Gasteiger partial charge >= 0.3 is 0 Å². The Morgan fingerprint density at radius 2 is 2.24 bits per heavy atom. The summed E-state index contributed by atoms with van der Waals surface area (Å²) in [4.78, 5) is 32.2. The van der Waals surface area contributed by atoms with Gasteiger partial charge in [-0.05, 0) is 36.9 Å². The van der Waals surface area contributed by atoms with Crippen LogP contribution in [-0.2, 0) is 11.2 Å². The number of nitrogens with one attached hydrogen (secondary N) is 2. The highest BCUT2D eigenvalue weighted by atomic mass is 16.2. The molecule has 1 fully saturated rings. The topological polar surface area (TPSA) is 78.1 Å². The van der Waals surface area contributed by atoms with E-state index in [1.165, 1.54) is 23.7 Å². The van der Waals surface area contributed by atoms with E-state index in [1.54, 1.807) is 0 Å². The Morgan fingerprint density at radius 1 is 1.40 bits per heavy atom. The quantitative estimate of drug-likeness (QED) is 0.829. The number of benzene rings is 1. The number of aryl methyl sites for hydroxylation is 1. The van der Waals surface area contributed by atoms with Crippen molar-refractivity contribution in [3.8, 4) is 0 Å². The minimum absolute atomic E-state index is 0.0645. The number of amides is 1. The maximum Gasteiger partial charge on any atom is 0.254 e. The third-order valence-electron chi connectivity index (χ3n) is 4.79. The molecule has 1 aromatic heterocycles. The molecule has 2 aromatic rings. The van der Waals surface area contributed by atoms with E-state index in [0.29, 0.717) is 18.0 Å². The molecule has 0 radical (unpaired) electrons. The van der Waals surface area contributed by atoms with Crippen molar-refractivity contribution in [1.82, 2.24) is 20.2 Å². The summed E-state index contributed by atoms with van der Waals surface area (Å²) < 4.78 is 0. The lowest BCUT2D eigenvalue weighted by molar-refractivity contribution is -0.120. The fraction of sp³-hybridized carbons (Fsp3) is 0.421. The standard InChI is InChI=1S/C19H24N4O2/c1-14-4-2-3-5-17(14)15-6-8-23(12-15)9-7-21-18(24)10-16-11-20-13-22-19(16)25/h2-5,11,13,15H,6-10,12H2,1H3,(H,21,24)(H,20,22,25). The van der Waals surface area contributed by atoms with E-state index >= 15 is 0 Å². The zero-order valence-electron chi connectivity index (χ0n) is 14.5. The third-order valence-corrected chi connectivity index (χ3v) is 4.79. The maximum atomic E-state index is 12.0. The van der Waals surface area contributed by atoms with Gasteiger partial charge in [-0.25, -0.2) is 4.98 Å². The summed E-state index contributed by atoms with van der Waals surface area (Å²) in [5.74, 6) is 0.430. The number of H-pyrrole nitrogens is 1. The van der Waals surface area contributed by atoms with Crippen LogP contribution in [0.1, 0.15) is 29.0 Å². The molecule has 132 valence electrons. The van der Waals surface area contributed by atoms with Crippen molar-refractivity contribution in [2.75, 3.05) is 26.2 Å². The fourth-order valence-corrected chi connectivity index (χ4v) is 3.42. The van der Waals surface area contributed by atoms with Gasteiger partial charge < -0.3 is 15.2 Å². The Balaban J connectivity index is 1.43. The lowest BCUT2D eigenvalue weighted by Crippen LogP contribution is -2.35. The van der Waals surface area contributed by atoms with Crippen LogP contribution in [0.4, 0.5) is 0 Å². The predicted molar refractivity (Wildman–Crippen MR) is 96.5 cm³/mol. The number of hydrogen-bond acceptors (Lipinski definition) is 4. The zero-order chi connectivity index (χ0) is 17.6. The Morgan fingerprint density at radius 3 is 3.04 bits per heavy atom. The van der Waals surface area contributed by atoms with Gasteiger partial charge in [0.2, 0.25) is 5.91 Å². The van der Waals surface area contributed by atoms with Crippen molar-refractivity contribution in [3.05, 3.63) is 63.8 Å². The molecule has 1 amide bonds. The highest BCUT2D eigenvalue weighted by molar-refractivity contribution is 5.78. The molecule has 0 saturated carbocycles. The van der Waals surface area contributed by atoms with E-state index < -0.39 is 0 Å². The molecular formula is C19H24N4O2. The number of hydrogen-bond donors (Lipinski definition) is 2. The molecule has 1 atom stereocenters. The first kappa shape index (κ1) is 17.4. The van der Waals surface area contributed by atoms with Crippen LogP contribution in [0.25, 0.3) is 0 Å². The van der Waals surface area contributed by atoms with Crippen molar-refractivity contribution in [3.63, 3.8) is 0 Å². The molecule has 3 rings (SSSR count). The molecule has 1 aromatic carbocycles. The van der Waals surface area contributed by atoms with E-state index in [9.17, 15) is 9.59 Å². The van der Waals surface area contributed by atoms with Gasteiger partial charge in [0.05, 0.1) is 12.7 Å². The molecule has 1 aliphatic heterocycles. The molecule has 2 heterocycles. The van der Waals surface area contributed by atoms with Crippen molar-refractivity contribution >= 4 is 5.91 Å². The monoisotopic (exact) mass is 340 g/mol. The number of rotatable bonds is 6. The highest BCUT2D eigenvalue weighted by Crippen LogP contribution is 2.28. The van der Waals surface area contributed by atoms with Gasteiger partial charge in [0.25, 0.3) is 5.56 Å².